The molecule has 10 nitrogen and oxygen atoms in total. The highest BCUT2D eigenvalue weighted by molar-refractivity contribution is 5.83. The van der Waals surface area contributed by atoms with Gasteiger partial charge in [-0.3, -0.25) is 19.6 Å². The highest BCUT2D eigenvalue weighted by atomic mass is 16.6. The standard InChI is InChI=1S/C10H14N4O6/c1-5-9(14(19)20)6(2)13(12-5)3-8(16)11-7(4-15)10(17)18/h7,15H,3-4H2,1-2H3,(H,11,16)(H,17,18). The Morgan fingerprint density at radius 1 is 1.50 bits per heavy atom. The van der Waals surface area contributed by atoms with Gasteiger partial charge in [0.25, 0.3) is 0 Å². The lowest BCUT2D eigenvalue weighted by molar-refractivity contribution is -0.386. The molecule has 1 amide bonds. The lowest BCUT2D eigenvalue weighted by atomic mass is 10.3. The van der Waals surface area contributed by atoms with E-state index in [1.165, 1.54) is 13.8 Å². The SMILES string of the molecule is Cc1nn(CC(=O)NC(CO)C(=O)O)c(C)c1[N+](=O)[O-]. The zero-order valence-electron chi connectivity index (χ0n) is 10.9. The van der Waals surface area contributed by atoms with Crippen LogP contribution in [-0.2, 0) is 16.1 Å². The van der Waals surface area contributed by atoms with Gasteiger partial charge < -0.3 is 15.5 Å². The largest absolute Gasteiger partial charge is 0.480 e. The summed E-state index contributed by atoms with van der Waals surface area (Å²) in [6.07, 6.45) is 0. The first-order valence-corrected chi connectivity index (χ1v) is 5.59. The molecule has 0 saturated carbocycles. The summed E-state index contributed by atoms with van der Waals surface area (Å²) in [6.45, 7) is 1.75. The zero-order chi connectivity index (χ0) is 15.4. The topological polar surface area (TPSA) is 148 Å². The van der Waals surface area contributed by atoms with Crippen LogP contribution in [0.15, 0.2) is 0 Å². The Morgan fingerprint density at radius 3 is 2.50 bits per heavy atom. The van der Waals surface area contributed by atoms with Crippen molar-refractivity contribution in [3.63, 3.8) is 0 Å². The number of nitrogens with one attached hydrogen (secondary N) is 1. The molecule has 0 saturated heterocycles. The number of nitro groups is 1. The third-order valence-corrected chi connectivity index (χ3v) is 2.64. The van der Waals surface area contributed by atoms with Crippen LogP contribution in [0.4, 0.5) is 5.69 Å². The van der Waals surface area contributed by atoms with Crippen LogP contribution in [0.3, 0.4) is 0 Å². The summed E-state index contributed by atoms with van der Waals surface area (Å²) in [4.78, 5) is 32.5. The van der Waals surface area contributed by atoms with E-state index >= 15 is 0 Å². The Hall–Kier alpha value is -2.49. The number of rotatable bonds is 6. The molecule has 0 aliphatic carbocycles. The molecule has 10 heteroatoms. The van der Waals surface area contributed by atoms with Crippen LogP contribution in [-0.4, -0.2) is 49.4 Å². The third kappa shape index (κ3) is 3.29. The molecule has 3 N–H and O–H groups in total. The number of amides is 1. The molecule has 0 spiro atoms. The molecule has 0 radical (unpaired) electrons. The van der Waals surface area contributed by atoms with Crippen molar-refractivity contribution in [3.8, 4) is 0 Å². The van der Waals surface area contributed by atoms with E-state index in [-0.39, 0.29) is 23.6 Å². The molecule has 0 aliphatic rings. The van der Waals surface area contributed by atoms with Crippen LogP contribution in [0.2, 0.25) is 0 Å². The average molecular weight is 286 g/mol. The van der Waals surface area contributed by atoms with Crippen LogP contribution in [0.1, 0.15) is 11.4 Å². The number of hydrogen-bond acceptors (Lipinski definition) is 6. The van der Waals surface area contributed by atoms with E-state index in [4.69, 9.17) is 10.2 Å². The number of carboxylic acid groups (broad SMARTS) is 1. The summed E-state index contributed by atoms with van der Waals surface area (Å²) in [6, 6.07) is -1.42. The molecule has 0 bridgehead atoms. The second-order valence-corrected chi connectivity index (χ2v) is 4.08. The van der Waals surface area contributed by atoms with Crippen LogP contribution < -0.4 is 5.32 Å². The molecular formula is C10H14N4O6. The molecule has 1 aromatic rings. The molecule has 1 aromatic heterocycles. The van der Waals surface area contributed by atoms with Gasteiger partial charge in [-0.1, -0.05) is 0 Å². The summed E-state index contributed by atoms with van der Waals surface area (Å²) in [5.41, 5.74) is 0.172. The Kier molecular flexibility index (Phi) is 4.75. The molecule has 0 fully saturated rings. The molecule has 110 valence electrons. The zero-order valence-corrected chi connectivity index (χ0v) is 10.9. The van der Waals surface area contributed by atoms with E-state index in [2.05, 4.69) is 10.4 Å². The van der Waals surface area contributed by atoms with E-state index in [9.17, 15) is 19.7 Å². The Morgan fingerprint density at radius 2 is 2.10 bits per heavy atom. The minimum absolute atomic E-state index is 0.164. The first-order valence-electron chi connectivity index (χ1n) is 5.59. The smallest absolute Gasteiger partial charge is 0.328 e. The first kappa shape index (κ1) is 15.6. The van der Waals surface area contributed by atoms with E-state index < -0.39 is 29.4 Å². The highest BCUT2D eigenvalue weighted by Gasteiger charge is 2.24. The van der Waals surface area contributed by atoms with Crippen molar-refractivity contribution in [2.45, 2.75) is 26.4 Å². The molecule has 1 heterocycles. The number of aliphatic carboxylic acids is 1. The minimum atomic E-state index is -1.42. The van der Waals surface area contributed by atoms with Crippen molar-refractivity contribution >= 4 is 17.6 Å². The molecule has 0 aliphatic heterocycles. The van der Waals surface area contributed by atoms with Gasteiger partial charge in [-0.15, -0.1) is 0 Å². The molecule has 1 unspecified atom stereocenters. The van der Waals surface area contributed by atoms with Crippen LogP contribution in [0.25, 0.3) is 0 Å². The van der Waals surface area contributed by atoms with Crippen molar-refractivity contribution < 1.29 is 24.7 Å². The normalized spacial score (nSPS) is 11.9. The molecule has 1 atom stereocenters. The number of aliphatic hydroxyl groups is 1. The maximum Gasteiger partial charge on any atom is 0.328 e. The number of carboxylic acids is 1. The van der Waals surface area contributed by atoms with Gasteiger partial charge in [-0.25, -0.2) is 4.79 Å². The van der Waals surface area contributed by atoms with Crippen LogP contribution >= 0.6 is 0 Å². The Bertz CT molecular complexity index is 552. The fourth-order valence-corrected chi connectivity index (χ4v) is 1.67. The second kappa shape index (κ2) is 6.10. The van der Waals surface area contributed by atoms with Gasteiger partial charge in [0.1, 0.15) is 24.0 Å². The number of aryl methyl sites for hydroxylation is 1. The number of nitrogens with zero attached hydrogens (tertiary/aromatic N) is 3. The van der Waals surface area contributed by atoms with Crippen LogP contribution in [0, 0.1) is 24.0 Å². The molecule has 1 rings (SSSR count). The molecular weight excluding hydrogens is 272 g/mol. The van der Waals surface area contributed by atoms with Gasteiger partial charge in [-0.2, -0.15) is 5.10 Å². The second-order valence-electron chi connectivity index (χ2n) is 4.08. The van der Waals surface area contributed by atoms with Gasteiger partial charge in [0.2, 0.25) is 5.91 Å². The monoisotopic (exact) mass is 286 g/mol. The van der Waals surface area contributed by atoms with Crippen molar-refractivity contribution in [2.24, 2.45) is 0 Å². The first-order chi connectivity index (χ1) is 9.27. The third-order valence-electron chi connectivity index (χ3n) is 2.64. The number of aromatic nitrogens is 2. The fraction of sp³-hybridized carbons (Fsp3) is 0.500. The lowest BCUT2D eigenvalue weighted by Crippen LogP contribution is -2.44. The summed E-state index contributed by atoms with van der Waals surface area (Å²) in [5, 5.41) is 34.2. The lowest BCUT2D eigenvalue weighted by Gasteiger charge is -2.11. The Balaban J connectivity index is 2.84. The van der Waals surface area contributed by atoms with Gasteiger partial charge >= 0.3 is 11.7 Å². The number of carbonyl (C=O) groups excluding carboxylic acids is 1. The van der Waals surface area contributed by atoms with Crippen LogP contribution in [0.5, 0.6) is 0 Å². The van der Waals surface area contributed by atoms with Gasteiger partial charge in [-0.05, 0) is 13.8 Å². The molecule has 0 aromatic carbocycles. The highest BCUT2D eigenvalue weighted by Crippen LogP contribution is 2.21. The van der Waals surface area contributed by atoms with E-state index in [1.54, 1.807) is 0 Å². The van der Waals surface area contributed by atoms with Gasteiger partial charge in [0, 0.05) is 0 Å². The summed E-state index contributed by atoms with van der Waals surface area (Å²) >= 11 is 0. The quantitative estimate of drug-likeness (QED) is 0.447. The number of hydrogen-bond donors (Lipinski definition) is 3. The predicted octanol–water partition coefficient (Wildman–Crippen LogP) is -1.03. The van der Waals surface area contributed by atoms with E-state index in [0.717, 1.165) is 4.68 Å². The minimum Gasteiger partial charge on any atom is -0.480 e. The number of carbonyl (C=O) groups is 2. The fourth-order valence-electron chi connectivity index (χ4n) is 1.67. The molecule has 20 heavy (non-hydrogen) atoms. The van der Waals surface area contributed by atoms with Gasteiger partial charge in [0.15, 0.2) is 0 Å². The van der Waals surface area contributed by atoms with Crippen molar-refractivity contribution in [1.82, 2.24) is 15.1 Å². The summed E-state index contributed by atoms with van der Waals surface area (Å²) < 4.78 is 1.11. The van der Waals surface area contributed by atoms with Crippen molar-refractivity contribution in [1.29, 1.82) is 0 Å². The van der Waals surface area contributed by atoms with Gasteiger partial charge in [0.05, 0.1) is 11.5 Å². The average Bonchev–Trinajstić information content (AvgIpc) is 2.60. The summed E-state index contributed by atoms with van der Waals surface area (Å²) in [5.74, 6) is -2.09. The maximum absolute atomic E-state index is 11.6. The van der Waals surface area contributed by atoms with Crippen molar-refractivity contribution in [3.05, 3.63) is 21.5 Å². The Labute approximate surface area is 113 Å². The summed E-state index contributed by atoms with van der Waals surface area (Å²) in [7, 11) is 0. The predicted molar refractivity (Wildman–Crippen MR) is 65.0 cm³/mol. The van der Waals surface area contributed by atoms with Crippen molar-refractivity contribution in [2.75, 3.05) is 6.61 Å². The number of aliphatic hydroxyl groups excluding tert-OH is 1. The van der Waals surface area contributed by atoms with E-state index in [1.807, 2.05) is 0 Å². The maximum atomic E-state index is 11.6. The van der Waals surface area contributed by atoms with E-state index in [0.29, 0.717) is 0 Å².